The van der Waals surface area contributed by atoms with Gasteiger partial charge in [0.2, 0.25) is 11.7 Å². The summed E-state index contributed by atoms with van der Waals surface area (Å²) >= 11 is 0. The molecule has 21 heavy (non-hydrogen) atoms. The maximum atomic E-state index is 5.42. The predicted octanol–water partition coefficient (Wildman–Crippen LogP) is 1.86. The van der Waals surface area contributed by atoms with Crippen molar-refractivity contribution in [2.45, 2.75) is 19.0 Å². The van der Waals surface area contributed by atoms with Crippen molar-refractivity contribution < 1.29 is 4.52 Å². The average molecular weight is 281 g/mol. The van der Waals surface area contributed by atoms with Crippen molar-refractivity contribution in [2.75, 3.05) is 0 Å². The molecule has 106 valence electrons. The van der Waals surface area contributed by atoms with Crippen LogP contribution in [0.3, 0.4) is 0 Å². The van der Waals surface area contributed by atoms with Gasteiger partial charge in [-0.2, -0.15) is 4.98 Å². The summed E-state index contributed by atoms with van der Waals surface area (Å²) in [6.07, 6.45) is 4.44. The fourth-order valence-electron chi connectivity index (χ4n) is 2.68. The Hall–Kier alpha value is -2.47. The minimum atomic E-state index is 0.0569. The molecule has 0 aliphatic carbocycles. The van der Waals surface area contributed by atoms with Crippen LogP contribution < -0.4 is 5.32 Å². The van der Waals surface area contributed by atoms with Crippen LogP contribution in [0.1, 0.15) is 23.1 Å². The SMILES string of the molecule is Cn1ccnc1-c1noc([C@H]2Cc3ccccc3CN2)n1. The van der Waals surface area contributed by atoms with E-state index in [2.05, 4.69) is 44.7 Å². The van der Waals surface area contributed by atoms with Gasteiger partial charge in [-0.15, -0.1) is 0 Å². The highest BCUT2D eigenvalue weighted by atomic mass is 16.5. The quantitative estimate of drug-likeness (QED) is 0.776. The third-order valence-electron chi connectivity index (χ3n) is 3.84. The first kappa shape index (κ1) is 12.3. The Labute approximate surface area is 121 Å². The zero-order chi connectivity index (χ0) is 14.2. The Morgan fingerprint density at radius 2 is 2.14 bits per heavy atom. The number of aromatic nitrogens is 4. The van der Waals surface area contributed by atoms with Gasteiger partial charge in [0.25, 0.3) is 0 Å². The van der Waals surface area contributed by atoms with Gasteiger partial charge in [-0.1, -0.05) is 29.4 Å². The van der Waals surface area contributed by atoms with E-state index in [0.717, 1.165) is 13.0 Å². The maximum Gasteiger partial charge on any atom is 0.244 e. The average Bonchev–Trinajstić information content (AvgIpc) is 3.15. The molecule has 0 radical (unpaired) electrons. The van der Waals surface area contributed by atoms with Gasteiger partial charge >= 0.3 is 0 Å². The van der Waals surface area contributed by atoms with Gasteiger partial charge in [-0.25, -0.2) is 4.98 Å². The Morgan fingerprint density at radius 3 is 2.95 bits per heavy atom. The van der Waals surface area contributed by atoms with Gasteiger partial charge in [0.15, 0.2) is 5.82 Å². The molecule has 2 aromatic heterocycles. The second kappa shape index (κ2) is 4.82. The van der Waals surface area contributed by atoms with Crippen LogP contribution in [0.5, 0.6) is 0 Å². The number of benzene rings is 1. The summed E-state index contributed by atoms with van der Waals surface area (Å²) in [7, 11) is 1.91. The molecule has 0 amide bonds. The van der Waals surface area contributed by atoms with Gasteiger partial charge in [0.1, 0.15) is 0 Å². The van der Waals surface area contributed by atoms with Crippen LogP contribution in [0.4, 0.5) is 0 Å². The van der Waals surface area contributed by atoms with Crippen LogP contribution >= 0.6 is 0 Å². The molecule has 1 atom stereocenters. The zero-order valence-electron chi connectivity index (χ0n) is 11.7. The molecule has 1 aliphatic rings. The molecule has 4 rings (SSSR count). The highest BCUT2D eigenvalue weighted by molar-refractivity contribution is 5.42. The molecule has 3 heterocycles. The maximum absolute atomic E-state index is 5.42. The minimum Gasteiger partial charge on any atom is -0.337 e. The number of hydrogen-bond donors (Lipinski definition) is 1. The van der Waals surface area contributed by atoms with Crippen molar-refractivity contribution >= 4 is 0 Å². The van der Waals surface area contributed by atoms with Crippen LogP contribution in [-0.2, 0) is 20.0 Å². The molecule has 0 unspecified atom stereocenters. The van der Waals surface area contributed by atoms with E-state index in [9.17, 15) is 0 Å². The van der Waals surface area contributed by atoms with E-state index in [1.165, 1.54) is 11.1 Å². The van der Waals surface area contributed by atoms with Crippen LogP contribution in [0.15, 0.2) is 41.2 Å². The summed E-state index contributed by atoms with van der Waals surface area (Å²) < 4.78 is 7.29. The molecule has 0 bridgehead atoms. The lowest BCUT2D eigenvalue weighted by Gasteiger charge is -2.23. The van der Waals surface area contributed by atoms with Crippen molar-refractivity contribution in [3.63, 3.8) is 0 Å². The third-order valence-corrected chi connectivity index (χ3v) is 3.84. The topological polar surface area (TPSA) is 68.8 Å². The first-order chi connectivity index (χ1) is 10.3. The fraction of sp³-hybridized carbons (Fsp3) is 0.267. The largest absolute Gasteiger partial charge is 0.337 e. The van der Waals surface area contributed by atoms with Crippen LogP contribution in [0.2, 0.25) is 0 Å². The van der Waals surface area contributed by atoms with Crippen LogP contribution in [0, 0.1) is 0 Å². The van der Waals surface area contributed by atoms with E-state index >= 15 is 0 Å². The molecule has 0 spiro atoms. The lowest BCUT2D eigenvalue weighted by atomic mass is 9.96. The van der Waals surface area contributed by atoms with Gasteiger partial charge in [0, 0.05) is 26.0 Å². The number of fused-ring (bicyclic) bond motifs is 1. The Kier molecular flexibility index (Phi) is 2.82. The molecule has 1 aliphatic heterocycles. The Bertz CT molecular complexity index is 776. The van der Waals surface area contributed by atoms with Crippen molar-refractivity contribution in [1.82, 2.24) is 25.0 Å². The molecule has 6 nitrogen and oxygen atoms in total. The van der Waals surface area contributed by atoms with Crippen LogP contribution in [0.25, 0.3) is 11.6 Å². The van der Waals surface area contributed by atoms with E-state index in [1.807, 2.05) is 17.8 Å². The molecule has 1 aromatic carbocycles. The lowest BCUT2D eigenvalue weighted by molar-refractivity contribution is 0.321. The second-order valence-corrected chi connectivity index (χ2v) is 5.22. The van der Waals surface area contributed by atoms with Gasteiger partial charge < -0.3 is 14.4 Å². The number of aryl methyl sites for hydroxylation is 1. The minimum absolute atomic E-state index is 0.0569. The summed E-state index contributed by atoms with van der Waals surface area (Å²) in [5.74, 6) is 1.85. The molecule has 0 fully saturated rings. The summed E-state index contributed by atoms with van der Waals surface area (Å²) in [6.45, 7) is 0.820. The van der Waals surface area contributed by atoms with Gasteiger partial charge in [-0.05, 0) is 17.5 Å². The standard InChI is InChI=1S/C15H15N5O/c1-20-7-6-16-14(20)13-18-15(21-19-13)12-8-10-4-2-3-5-11(10)9-17-12/h2-7,12,17H,8-9H2,1H3/t12-/m1/s1. The fourth-order valence-corrected chi connectivity index (χ4v) is 2.68. The van der Waals surface area contributed by atoms with E-state index in [-0.39, 0.29) is 6.04 Å². The van der Waals surface area contributed by atoms with E-state index in [1.54, 1.807) is 6.20 Å². The molecular formula is C15H15N5O. The summed E-state index contributed by atoms with van der Waals surface area (Å²) in [4.78, 5) is 8.72. The van der Waals surface area contributed by atoms with Gasteiger partial charge in [0.05, 0.1) is 6.04 Å². The normalized spacial score (nSPS) is 17.7. The number of nitrogens with one attached hydrogen (secondary N) is 1. The summed E-state index contributed by atoms with van der Waals surface area (Å²) in [5.41, 5.74) is 2.66. The van der Waals surface area contributed by atoms with Crippen LogP contribution in [-0.4, -0.2) is 19.7 Å². The number of hydrogen-bond acceptors (Lipinski definition) is 5. The highest BCUT2D eigenvalue weighted by Gasteiger charge is 2.25. The lowest BCUT2D eigenvalue weighted by Crippen LogP contribution is -2.28. The van der Waals surface area contributed by atoms with Crippen molar-refractivity contribution in [1.29, 1.82) is 0 Å². The Morgan fingerprint density at radius 1 is 1.29 bits per heavy atom. The Balaban J connectivity index is 1.61. The summed E-state index contributed by atoms with van der Waals surface area (Å²) in [5, 5.41) is 7.48. The highest BCUT2D eigenvalue weighted by Crippen LogP contribution is 2.25. The molecule has 1 N–H and O–H groups in total. The first-order valence-corrected chi connectivity index (χ1v) is 6.93. The van der Waals surface area contributed by atoms with E-state index in [4.69, 9.17) is 4.52 Å². The monoisotopic (exact) mass is 281 g/mol. The predicted molar refractivity (Wildman–Crippen MR) is 76.2 cm³/mol. The van der Waals surface area contributed by atoms with Crippen molar-refractivity contribution in [3.05, 3.63) is 53.7 Å². The van der Waals surface area contributed by atoms with E-state index in [0.29, 0.717) is 17.5 Å². The number of nitrogens with zero attached hydrogens (tertiary/aromatic N) is 4. The number of rotatable bonds is 2. The van der Waals surface area contributed by atoms with Gasteiger partial charge in [-0.3, -0.25) is 0 Å². The molecular weight excluding hydrogens is 266 g/mol. The third kappa shape index (κ3) is 2.13. The number of imidazole rings is 1. The molecule has 6 heteroatoms. The second-order valence-electron chi connectivity index (χ2n) is 5.22. The van der Waals surface area contributed by atoms with Crippen molar-refractivity contribution in [2.24, 2.45) is 7.05 Å². The first-order valence-electron chi connectivity index (χ1n) is 6.93. The molecule has 3 aromatic rings. The molecule has 0 saturated heterocycles. The zero-order valence-corrected chi connectivity index (χ0v) is 11.7. The molecule has 0 saturated carbocycles. The smallest absolute Gasteiger partial charge is 0.244 e. The van der Waals surface area contributed by atoms with E-state index < -0.39 is 0 Å². The van der Waals surface area contributed by atoms with Crippen molar-refractivity contribution in [3.8, 4) is 11.6 Å². The summed E-state index contributed by atoms with van der Waals surface area (Å²) in [6, 6.07) is 8.48.